The number of carbonyl (C=O) groups excluding carboxylic acids is 9. The van der Waals surface area contributed by atoms with Gasteiger partial charge in [0.05, 0.1) is 67.8 Å². The van der Waals surface area contributed by atoms with Crippen LogP contribution in [0.2, 0.25) is 0 Å². The van der Waals surface area contributed by atoms with Gasteiger partial charge in [-0.25, -0.2) is 4.79 Å². The van der Waals surface area contributed by atoms with E-state index in [0.29, 0.717) is 5.56 Å². The first-order chi connectivity index (χ1) is 36.4. The zero-order valence-corrected chi connectivity index (χ0v) is 42.8. The van der Waals surface area contributed by atoms with Gasteiger partial charge in [0, 0.05) is 48.8 Å². The zero-order valence-electron chi connectivity index (χ0n) is 42.8. The number of Topliss-reactive ketones (excluding diaryl/α,β-unsaturated/α-hetero) is 1. The predicted octanol–water partition coefficient (Wildman–Crippen LogP) is -0.671. The lowest BCUT2D eigenvalue weighted by molar-refractivity contribution is -0.249. The Labute approximate surface area is 440 Å². The minimum atomic E-state index is -2.19. The molecule has 26 nitrogen and oxygen atoms in total. The van der Waals surface area contributed by atoms with Crippen LogP contribution in [0.1, 0.15) is 102 Å². The van der Waals surface area contributed by atoms with Crippen LogP contribution in [0.4, 0.5) is 10.5 Å². The first-order valence-corrected chi connectivity index (χ1v) is 24.2. The lowest BCUT2D eigenvalue weighted by atomic mass is 9.72. The van der Waals surface area contributed by atoms with Gasteiger partial charge in [-0.15, -0.1) is 0 Å². The standard InChI is InChI=1S/C51H62N6O20/c1-22(53-49(69)41(23(2)58)57-35(61)21-74-15-14-72-5)47(67)55-31(16-34(52)60)48(68)54-27-12-10-26(11-13-27)20-75-50(70)56-30-17-36(76-24(3)42(30)62)77-33-19-51(71,25(4)59)18-29-38(33)46(66)40-39(44(29)64)43(63)28-8-7-9-32(73-6)37(28)45(40)65/h7-13,22-24,30-31,33,36,41-42,58,62,64,66,71H,14-21H2,1-6H3,(H2,52,60)(H,53,69)(H,54,68)(H,55,67)(H,56,70)(H,57,61)/t22-,23?,24-,30-,31-,33-,36?,41-,42+,51-/m0/s1. The molecule has 1 saturated heterocycles. The molecule has 1 heterocycles. The van der Waals surface area contributed by atoms with Gasteiger partial charge in [0.2, 0.25) is 35.3 Å². The average molecular weight is 1080 g/mol. The molecule has 6 amide bonds. The van der Waals surface area contributed by atoms with Crippen LogP contribution in [0.15, 0.2) is 42.5 Å². The molecule has 0 bridgehead atoms. The Bertz CT molecular complexity index is 2790. The van der Waals surface area contributed by atoms with Gasteiger partial charge in [-0.3, -0.25) is 38.4 Å². The maximum Gasteiger partial charge on any atom is 0.407 e. The molecule has 10 atom stereocenters. The third-order valence-corrected chi connectivity index (χ3v) is 13.2. The fourth-order valence-corrected chi connectivity index (χ4v) is 9.03. The van der Waals surface area contributed by atoms with E-state index in [9.17, 15) is 68.7 Å². The maximum atomic E-state index is 14.0. The van der Waals surface area contributed by atoms with Crippen molar-refractivity contribution in [3.63, 3.8) is 0 Å². The summed E-state index contributed by atoms with van der Waals surface area (Å²) in [6, 6.07) is 4.64. The summed E-state index contributed by atoms with van der Waals surface area (Å²) in [5.74, 6) is -8.24. The number of anilines is 1. The first kappa shape index (κ1) is 58.7. The summed E-state index contributed by atoms with van der Waals surface area (Å²) in [5, 5.41) is 68.4. The molecule has 1 aliphatic heterocycles. The molecule has 3 aromatic carbocycles. The van der Waals surface area contributed by atoms with Gasteiger partial charge in [-0.1, -0.05) is 24.3 Å². The Balaban J connectivity index is 1.06. The molecule has 12 N–H and O–H groups in total. The summed E-state index contributed by atoms with van der Waals surface area (Å²) in [4.78, 5) is 117. The number of carbonyl (C=O) groups is 9. The second-order valence-electron chi connectivity index (χ2n) is 18.8. The van der Waals surface area contributed by atoms with Gasteiger partial charge in [0.25, 0.3) is 0 Å². The van der Waals surface area contributed by atoms with Crippen molar-refractivity contribution in [2.75, 3.05) is 39.4 Å². The van der Waals surface area contributed by atoms with Crippen molar-refractivity contribution in [2.45, 2.75) is 120 Å². The highest BCUT2D eigenvalue weighted by Crippen LogP contribution is 2.52. The third kappa shape index (κ3) is 13.5. The topological polar surface area (TPSA) is 396 Å². The molecule has 0 saturated carbocycles. The van der Waals surface area contributed by atoms with E-state index in [4.69, 9.17) is 34.2 Å². The van der Waals surface area contributed by atoms with Crippen LogP contribution in [-0.4, -0.2) is 167 Å². The Kier molecular flexibility index (Phi) is 19.1. The molecule has 1 fully saturated rings. The largest absolute Gasteiger partial charge is 0.507 e. The van der Waals surface area contributed by atoms with E-state index in [1.54, 1.807) is 0 Å². The Morgan fingerprint density at radius 2 is 1.57 bits per heavy atom. The predicted molar refractivity (Wildman–Crippen MR) is 264 cm³/mol. The Morgan fingerprint density at radius 1 is 0.883 bits per heavy atom. The van der Waals surface area contributed by atoms with Crippen molar-refractivity contribution in [3.8, 4) is 17.2 Å². The Hall–Kier alpha value is -7.59. The number of alkyl carbamates (subject to hydrolysis) is 1. The number of methoxy groups -OCH3 is 2. The van der Waals surface area contributed by atoms with Crippen LogP contribution in [0, 0.1) is 0 Å². The molecule has 2 unspecified atom stereocenters. The van der Waals surface area contributed by atoms with Crippen LogP contribution in [-0.2, 0) is 65.5 Å². The molecule has 26 heteroatoms. The fourth-order valence-electron chi connectivity index (χ4n) is 9.03. The number of amides is 6. The molecule has 6 rings (SSSR count). The summed E-state index contributed by atoms with van der Waals surface area (Å²) in [6.07, 6.45) is -9.49. The number of ketones is 3. The van der Waals surface area contributed by atoms with E-state index < -0.39 is 162 Å². The smallest absolute Gasteiger partial charge is 0.407 e. The minimum Gasteiger partial charge on any atom is -0.507 e. The number of phenols is 2. The summed E-state index contributed by atoms with van der Waals surface area (Å²) >= 11 is 0. The van der Waals surface area contributed by atoms with Crippen molar-refractivity contribution < 1.29 is 97.1 Å². The number of fused-ring (bicyclic) bond motifs is 3. The van der Waals surface area contributed by atoms with E-state index in [1.165, 1.54) is 77.5 Å². The van der Waals surface area contributed by atoms with Crippen molar-refractivity contribution in [3.05, 3.63) is 81.4 Å². The number of benzene rings is 3. The van der Waals surface area contributed by atoms with Gasteiger partial charge in [-0.2, -0.15) is 0 Å². The van der Waals surface area contributed by atoms with Gasteiger partial charge in [0.15, 0.2) is 17.9 Å². The molecule has 0 aromatic heterocycles. The van der Waals surface area contributed by atoms with E-state index in [1.807, 2.05) is 0 Å². The molecule has 77 heavy (non-hydrogen) atoms. The highest BCUT2D eigenvalue weighted by Gasteiger charge is 2.50. The lowest BCUT2D eigenvalue weighted by Gasteiger charge is -2.42. The van der Waals surface area contributed by atoms with Crippen LogP contribution in [0.5, 0.6) is 17.2 Å². The van der Waals surface area contributed by atoms with Crippen LogP contribution >= 0.6 is 0 Å². The van der Waals surface area contributed by atoms with Gasteiger partial charge >= 0.3 is 6.09 Å². The molecular formula is C51H62N6O20. The Morgan fingerprint density at radius 3 is 2.21 bits per heavy atom. The number of rotatable bonds is 22. The molecule has 0 spiro atoms. The van der Waals surface area contributed by atoms with Gasteiger partial charge in [-0.05, 0) is 51.5 Å². The number of hydrogen-bond donors (Lipinski definition) is 11. The highest BCUT2D eigenvalue weighted by molar-refractivity contribution is 6.31. The van der Waals surface area contributed by atoms with E-state index >= 15 is 0 Å². The molecule has 3 aromatic rings. The van der Waals surface area contributed by atoms with Crippen molar-refractivity contribution in [1.29, 1.82) is 0 Å². The van der Waals surface area contributed by atoms with Gasteiger partial charge < -0.3 is 86.3 Å². The number of nitrogens with one attached hydrogen (secondary N) is 5. The number of hydrogen-bond acceptors (Lipinski definition) is 20. The third-order valence-electron chi connectivity index (χ3n) is 13.2. The number of aliphatic hydroxyl groups excluding tert-OH is 2. The molecule has 3 aliphatic rings. The number of primary amides is 1. The normalized spacial score (nSPS) is 22.1. The first-order valence-electron chi connectivity index (χ1n) is 24.2. The number of aliphatic hydroxyl groups is 3. The summed E-state index contributed by atoms with van der Waals surface area (Å²) < 4.78 is 32.9. The molecule has 416 valence electrons. The van der Waals surface area contributed by atoms with Crippen LogP contribution < -0.4 is 37.1 Å². The lowest BCUT2D eigenvalue weighted by Crippen LogP contribution is -2.58. The highest BCUT2D eigenvalue weighted by atomic mass is 16.7. The molecular weight excluding hydrogens is 1020 g/mol. The van der Waals surface area contributed by atoms with Crippen molar-refractivity contribution in [1.82, 2.24) is 21.3 Å². The summed E-state index contributed by atoms with van der Waals surface area (Å²) in [6.45, 7) is 4.64. The van der Waals surface area contributed by atoms with E-state index in [2.05, 4.69) is 26.6 Å². The van der Waals surface area contributed by atoms with Crippen LogP contribution in [0.3, 0.4) is 0 Å². The quantitative estimate of drug-likeness (QED) is 0.0343. The number of nitrogens with two attached hydrogens (primary N) is 1. The monoisotopic (exact) mass is 1080 g/mol. The maximum absolute atomic E-state index is 14.0. The van der Waals surface area contributed by atoms with Crippen molar-refractivity contribution in [2.24, 2.45) is 5.73 Å². The van der Waals surface area contributed by atoms with E-state index in [-0.39, 0.29) is 59.9 Å². The zero-order chi connectivity index (χ0) is 56.6. The second-order valence-corrected chi connectivity index (χ2v) is 18.8. The molecule has 2 aliphatic carbocycles. The van der Waals surface area contributed by atoms with E-state index in [0.717, 1.165) is 6.92 Å². The number of phenolic OH excluding ortho intramolecular Hbond substituents is 2. The summed E-state index contributed by atoms with van der Waals surface area (Å²) in [5.41, 5.74) is 2.03. The summed E-state index contributed by atoms with van der Waals surface area (Å²) in [7, 11) is 2.73. The minimum absolute atomic E-state index is 0.0379. The fraction of sp³-hybridized carbons (Fsp3) is 0.471. The SMILES string of the molecule is COCCOCC(=O)N[C@H](C(=O)N[C@@H](C)C(=O)N[C@@H](CC(N)=O)C(=O)Nc1ccc(COC(=O)N[C@H]2CC(O[C@H]3C[C@](O)(C(C)=O)Cc4c(O)c5c(c(O)c43)C(=O)c3c(OC)cccc3C5=O)O[C@@H](C)[C@H]2O)cc1)C(C)O. The average Bonchev–Trinajstić information content (AvgIpc) is 3.49. The van der Waals surface area contributed by atoms with Gasteiger partial charge in [0.1, 0.15) is 60.3 Å². The second kappa shape index (κ2) is 25.0. The van der Waals surface area contributed by atoms with Crippen molar-refractivity contribution >= 4 is 58.7 Å². The molecule has 0 radical (unpaired) electrons. The number of aromatic hydroxyl groups is 2. The number of ether oxygens (including phenoxy) is 6. The van der Waals surface area contributed by atoms with Crippen LogP contribution in [0.25, 0.3) is 0 Å².